The monoisotopic (exact) mass is 344 g/mol. The van der Waals surface area contributed by atoms with Crippen molar-refractivity contribution in [1.82, 2.24) is 14.6 Å². The molecular formula is C15H19F3N4O2. The third kappa shape index (κ3) is 3.08. The number of primary amides is 1. The van der Waals surface area contributed by atoms with Gasteiger partial charge in [0.2, 0.25) is 0 Å². The molecule has 0 aromatic carbocycles. The van der Waals surface area contributed by atoms with Gasteiger partial charge in [-0.15, -0.1) is 0 Å². The Morgan fingerprint density at radius 1 is 1.46 bits per heavy atom. The zero-order chi connectivity index (χ0) is 18.2. The maximum atomic E-state index is 13.4. The topological polar surface area (TPSA) is 93.5 Å². The minimum atomic E-state index is -4.70. The lowest BCUT2D eigenvalue weighted by molar-refractivity contribution is -0.142. The van der Waals surface area contributed by atoms with E-state index in [2.05, 4.69) is 10.1 Å². The molecule has 6 nitrogen and oxygen atoms in total. The van der Waals surface area contributed by atoms with Crippen molar-refractivity contribution in [1.29, 1.82) is 0 Å². The third-order valence-electron chi connectivity index (χ3n) is 4.27. The number of halogens is 3. The minimum absolute atomic E-state index is 0.00522. The van der Waals surface area contributed by atoms with Crippen molar-refractivity contribution in [2.45, 2.75) is 39.3 Å². The molecule has 0 aliphatic rings. The molecule has 0 aliphatic carbocycles. The zero-order valence-corrected chi connectivity index (χ0v) is 13.6. The maximum Gasteiger partial charge on any atom is 0.435 e. The summed E-state index contributed by atoms with van der Waals surface area (Å²) in [6.45, 7) is 4.62. The summed E-state index contributed by atoms with van der Waals surface area (Å²) >= 11 is 0. The Morgan fingerprint density at radius 2 is 2.08 bits per heavy atom. The number of aliphatic hydroxyl groups excluding tert-OH is 1. The highest BCUT2D eigenvalue weighted by Gasteiger charge is 2.41. The highest BCUT2D eigenvalue weighted by molar-refractivity contribution is 5.93. The molecule has 2 rings (SSSR count). The molecular weight excluding hydrogens is 325 g/mol. The second-order valence-electron chi connectivity index (χ2n) is 5.81. The fourth-order valence-corrected chi connectivity index (χ4v) is 2.71. The summed E-state index contributed by atoms with van der Waals surface area (Å²) in [4.78, 5) is 15.5. The van der Waals surface area contributed by atoms with Crippen LogP contribution in [0.1, 0.15) is 53.5 Å². The number of aryl methyl sites for hydroxylation is 1. The molecule has 2 heterocycles. The van der Waals surface area contributed by atoms with Gasteiger partial charge in [-0.1, -0.05) is 20.3 Å². The third-order valence-corrected chi connectivity index (χ3v) is 4.27. The van der Waals surface area contributed by atoms with E-state index in [1.165, 1.54) is 6.92 Å². The SMILES string of the molecule is CC[C@H](C)[C@H](CO)c1c(C(F)(F)F)nn2cc(C(N)=O)c(C)nc12. The van der Waals surface area contributed by atoms with Gasteiger partial charge >= 0.3 is 6.18 Å². The van der Waals surface area contributed by atoms with Crippen molar-refractivity contribution in [3.63, 3.8) is 0 Å². The van der Waals surface area contributed by atoms with Crippen molar-refractivity contribution in [2.24, 2.45) is 11.7 Å². The van der Waals surface area contributed by atoms with Crippen LogP contribution in [0.5, 0.6) is 0 Å². The van der Waals surface area contributed by atoms with Crippen molar-refractivity contribution in [3.05, 3.63) is 28.7 Å². The van der Waals surface area contributed by atoms with Gasteiger partial charge in [0, 0.05) is 17.7 Å². The molecule has 0 spiro atoms. The van der Waals surface area contributed by atoms with Crippen LogP contribution in [0.4, 0.5) is 13.2 Å². The van der Waals surface area contributed by atoms with E-state index in [1.807, 2.05) is 6.92 Å². The lowest BCUT2D eigenvalue weighted by Gasteiger charge is -2.21. The van der Waals surface area contributed by atoms with E-state index >= 15 is 0 Å². The molecule has 0 aliphatic heterocycles. The first-order chi connectivity index (χ1) is 11.1. The predicted octanol–water partition coefficient (Wildman–Crippen LogP) is 2.28. The average Bonchev–Trinajstić information content (AvgIpc) is 2.85. The first-order valence-corrected chi connectivity index (χ1v) is 7.49. The Hall–Kier alpha value is -2.16. The Morgan fingerprint density at radius 3 is 2.54 bits per heavy atom. The maximum absolute atomic E-state index is 13.4. The molecule has 2 atom stereocenters. The van der Waals surface area contributed by atoms with Gasteiger partial charge in [0.25, 0.3) is 5.91 Å². The van der Waals surface area contributed by atoms with Gasteiger partial charge in [0.1, 0.15) is 0 Å². The molecule has 0 saturated carbocycles. The van der Waals surface area contributed by atoms with Crippen LogP contribution < -0.4 is 5.73 Å². The van der Waals surface area contributed by atoms with E-state index < -0.39 is 30.3 Å². The fraction of sp³-hybridized carbons (Fsp3) is 0.533. The fourth-order valence-electron chi connectivity index (χ4n) is 2.71. The molecule has 2 aromatic rings. The number of nitrogens with zero attached hydrogens (tertiary/aromatic N) is 3. The molecule has 3 N–H and O–H groups in total. The molecule has 0 radical (unpaired) electrons. The summed E-state index contributed by atoms with van der Waals surface area (Å²) in [5.41, 5.74) is 4.14. The molecule has 9 heteroatoms. The van der Waals surface area contributed by atoms with Crippen LogP contribution in [0.3, 0.4) is 0 Å². The number of nitrogens with two attached hydrogens (primary N) is 1. The van der Waals surface area contributed by atoms with E-state index in [9.17, 15) is 23.1 Å². The molecule has 1 amide bonds. The zero-order valence-electron chi connectivity index (χ0n) is 13.6. The van der Waals surface area contributed by atoms with E-state index in [0.29, 0.717) is 6.42 Å². The summed E-state index contributed by atoms with van der Waals surface area (Å²) in [5.74, 6) is -1.77. The van der Waals surface area contributed by atoms with Crippen LogP contribution >= 0.6 is 0 Å². The largest absolute Gasteiger partial charge is 0.435 e. The van der Waals surface area contributed by atoms with Crippen molar-refractivity contribution in [3.8, 4) is 0 Å². The van der Waals surface area contributed by atoms with Gasteiger partial charge in [0.15, 0.2) is 11.3 Å². The quantitative estimate of drug-likeness (QED) is 0.870. The van der Waals surface area contributed by atoms with Crippen LogP contribution in [0, 0.1) is 12.8 Å². The van der Waals surface area contributed by atoms with Crippen molar-refractivity contribution in [2.75, 3.05) is 6.61 Å². The number of amides is 1. The normalized spacial score (nSPS) is 14.8. The summed E-state index contributed by atoms with van der Waals surface area (Å²) in [5, 5.41) is 13.2. The molecule has 0 bridgehead atoms. The minimum Gasteiger partial charge on any atom is -0.396 e. The summed E-state index contributed by atoms with van der Waals surface area (Å²) in [7, 11) is 0. The van der Waals surface area contributed by atoms with Crippen LogP contribution in [0.25, 0.3) is 5.65 Å². The Balaban J connectivity index is 2.83. The number of hydrogen-bond donors (Lipinski definition) is 2. The molecule has 2 aromatic heterocycles. The number of rotatable bonds is 5. The number of carbonyl (C=O) groups excluding carboxylic acids is 1. The number of hydrogen-bond acceptors (Lipinski definition) is 4. The second-order valence-corrected chi connectivity index (χ2v) is 5.81. The smallest absolute Gasteiger partial charge is 0.396 e. The van der Waals surface area contributed by atoms with Gasteiger partial charge in [-0.3, -0.25) is 4.79 Å². The van der Waals surface area contributed by atoms with E-state index in [1.54, 1.807) is 6.92 Å². The van der Waals surface area contributed by atoms with Crippen molar-refractivity contribution >= 4 is 11.6 Å². The number of aliphatic hydroxyl groups is 1. The molecule has 0 fully saturated rings. The van der Waals surface area contributed by atoms with Crippen molar-refractivity contribution < 1.29 is 23.1 Å². The van der Waals surface area contributed by atoms with E-state index in [-0.39, 0.29) is 28.4 Å². The highest BCUT2D eigenvalue weighted by Crippen LogP contribution is 2.39. The van der Waals surface area contributed by atoms with Gasteiger partial charge in [-0.25, -0.2) is 9.50 Å². The van der Waals surface area contributed by atoms with E-state index in [0.717, 1.165) is 10.7 Å². The Labute approximate surface area is 136 Å². The average molecular weight is 344 g/mol. The Kier molecular flexibility index (Phi) is 4.84. The van der Waals surface area contributed by atoms with Crippen LogP contribution in [0.15, 0.2) is 6.20 Å². The summed E-state index contributed by atoms with van der Waals surface area (Å²) in [6.07, 6.45) is -2.98. The van der Waals surface area contributed by atoms with Gasteiger partial charge in [-0.2, -0.15) is 18.3 Å². The first-order valence-electron chi connectivity index (χ1n) is 7.49. The number of carbonyl (C=O) groups is 1. The number of aromatic nitrogens is 3. The molecule has 24 heavy (non-hydrogen) atoms. The highest BCUT2D eigenvalue weighted by atomic mass is 19.4. The van der Waals surface area contributed by atoms with Crippen LogP contribution in [0.2, 0.25) is 0 Å². The predicted molar refractivity (Wildman–Crippen MR) is 80.5 cm³/mol. The van der Waals surface area contributed by atoms with Gasteiger partial charge < -0.3 is 10.8 Å². The standard InChI is InChI=1S/C15H19F3N4O2/c1-4-7(2)10(6-23)11-12(15(16,17)18)21-22-5-9(13(19)24)8(3)20-14(11)22/h5,7,10,23H,4,6H2,1-3H3,(H2,19,24)/t7-,10-/m0/s1. The summed E-state index contributed by atoms with van der Waals surface area (Å²) in [6, 6.07) is 0. The molecule has 132 valence electrons. The van der Waals surface area contributed by atoms with E-state index in [4.69, 9.17) is 5.73 Å². The van der Waals surface area contributed by atoms with Crippen LogP contribution in [-0.4, -0.2) is 32.2 Å². The molecule has 0 unspecified atom stereocenters. The number of fused-ring (bicyclic) bond motifs is 1. The van der Waals surface area contributed by atoms with Crippen LogP contribution in [-0.2, 0) is 6.18 Å². The lowest BCUT2D eigenvalue weighted by Crippen LogP contribution is -2.19. The van der Waals surface area contributed by atoms with Gasteiger partial charge in [0.05, 0.1) is 17.9 Å². The van der Waals surface area contributed by atoms with Gasteiger partial charge in [-0.05, 0) is 12.8 Å². The molecule has 0 saturated heterocycles. The second kappa shape index (κ2) is 6.39. The Bertz CT molecular complexity index is 770. The first kappa shape index (κ1) is 18.2. The number of alkyl halides is 3. The summed E-state index contributed by atoms with van der Waals surface area (Å²) < 4.78 is 41.2. The lowest BCUT2D eigenvalue weighted by atomic mass is 9.86.